The molecule has 0 bridgehead atoms. The molecule has 0 spiro atoms. The Labute approximate surface area is 126 Å². The first-order valence-electron chi connectivity index (χ1n) is 7.12. The van der Waals surface area contributed by atoms with Crippen LogP contribution in [-0.4, -0.2) is 42.1 Å². The Morgan fingerprint density at radius 1 is 1.19 bits per heavy atom. The van der Waals surface area contributed by atoms with E-state index in [1.165, 1.54) is 4.90 Å². The number of aliphatic carboxylic acids is 1. The fraction of sp³-hybridized carbons (Fsp3) is 0.500. The maximum Gasteiger partial charge on any atom is 0.324 e. The zero-order chi connectivity index (χ0) is 16.0. The van der Waals surface area contributed by atoms with Gasteiger partial charge < -0.3 is 10.0 Å². The zero-order valence-corrected chi connectivity index (χ0v) is 13.2. The molecule has 0 aliphatic heterocycles. The lowest BCUT2D eigenvalue weighted by Gasteiger charge is -2.27. The third-order valence-corrected chi connectivity index (χ3v) is 3.24. The quantitative estimate of drug-likeness (QED) is 0.876. The van der Waals surface area contributed by atoms with Crippen molar-refractivity contribution in [2.75, 3.05) is 25.0 Å². The molecule has 0 aromatic heterocycles. The summed E-state index contributed by atoms with van der Waals surface area (Å²) < 4.78 is 0. The molecule has 0 atom stereocenters. The van der Waals surface area contributed by atoms with Gasteiger partial charge in [0.15, 0.2) is 0 Å². The molecule has 1 aromatic rings. The summed E-state index contributed by atoms with van der Waals surface area (Å²) in [5.74, 6) is -0.534. The molecule has 0 fully saturated rings. The summed E-state index contributed by atoms with van der Waals surface area (Å²) in [5, 5.41) is 9.04. The van der Waals surface area contributed by atoms with Gasteiger partial charge in [0.05, 0.1) is 0 Å². The summed E-state index contributed by atoms with van der Waals surface area (Å²) in [7, 11) is 1.70. The number of aryl methyl sites for hydroxylation is 1. The van der Waals surface area contributed by atoms with Gasteiger partial charge in [-0.1, -0.05) is 31.5 Å². The Bertz CT molecular complexity index is 483. The van der Waals surface area contributed by atoms with Gasteiger partial charge in [-0.05, 0) is 31.4 Å². The number of urea groups is 1. The number of anilines is 1. The van der Waals surface area contributed by atoms with Crippen molar-refractivity contribution in [3.63, 3.8) is 0 Å². The molecular weight excluding hydrogens is 268 g/mol. The van der Waals surface area contributed by atoms with Crippen molar-refractivity contribution in [1.82, 2.24) is 4.90 Å². The summed E-state index contributed by atoms with van der Waals surface area (Å²) in [6.45, 7) is 6.40. The molecule has 5 nitrogen and oxygen atoms in total. The minimum absolute atomic E-state index is 0.290. The number of carboxylic acids is 1. The van der Waals surface area contributed by atoms with Crippen LogP contribution in [0.3, 0.4) is 0 Å². The first kappa shape index (κ1) is 17.0. The fourth-order valence-electron chi connectivity index (χ4n) is 1.88. The molecule has 5 heteroatoms. The average molecular weight is 292 g/mol. The van der Waals surface area contributed by atoms with Gasteiger partial charge in [0.1, 0.15) is 6.54 Å². The van der Waals surface area contributed by atoms with Gasteiger partial charge >= 0.3 is 12.0 Å². The van der Waals surface area contributed by atoms with Gasteiger partial charge in [0.2, 0.25) is 0 Å². The van der Waals surface area contributed by atoms with Crippen LogP contribution in [0, 0.1) is 12.8 Å². The number of nitrogens with zero attached hydrogens (tertiary/aromatic N) is 2. The third kappa shape index (κ3) is 5.45. The Morgan fingerprint density at radius 2 is 1.76 bits per heavy atom. The van der Waals surface area contributed by atoms with Crippen LogP contribution in [0.15, 0.2) is 24.3 Å². The van der Waals surface area contributed by atoms with E-state index >= 15 is 0 Å². The summed E-state index contributed by atoms with van der Waals surface area (Å²) in [5.41, 5.74) is 1.67. The molecule has 21 heavy (non-hydrogen) atoms. The second kappa shape index (κ2) is 7.67. The van der Waals surface area contributed by atoms with Crippen LogP contribution in [0.1, 0.15) is 25.8 Å². The van der Waals surface area contributed by atoms with Crippen molar-refractivity contribution in [1.29, 1.82) is 0 Å². The first-order chi connectivity index (χ1) is 9.81. The van der Waals surface area contributed by atoms with E-state index < -0.39 is 5.97 Å². The molecule has 0 unspecified atom stereocenters. The Kier molecular flexibility index (Phi) is 6.21. The summed E-state index contributed by atoms with van der Waals surface area (Å²) in [4.78, 5) is 26.4. The third-order valence-electron chi connectivity index (χ3n) is 3.24. The minimum atomic E-state index is -1.03. The Balaban J connectivity index is 2.88. The minimum Gasteiger partial charge on any atom is -0.480 e. The van der Waals surface area contributed by atoms with Gasteiger partial charge in [0, 0.05) is 19.3 Å². The average Bonchev–Trinajstić information content (AvgIpc) is 2.42. The van der Waals surface area contributed by atoms with Gasteiger partial charge in [-0.2, -0.15) is 0 Å². The lowest BCUT2D eigenvalue weighted by atomic mass is 10.1. The summed E-state index contributed by atoms with van der Waals surface area (Å²) >= 11 is 0. The molecule has 1 N–H and O–H groups in total. The largest absolute Gasteiger partial charge is 0.480 e. The lowest BCUT2D eigenvalue weighted by Crippen LogP contribution is -2.44. The second-order valence-electron chi connectivity index (χ2n) is 5.70. The van der Waals surface area contributed by atoms with E-state index in [9.17, 15) is 9.59 Å². The molecule has 1 aromatic carbocycles. The highest BCUT2D eigenvalue weighted by Gasteiger charge is 2.22. The highest BCUT2D eigenvalue weighted by atomic mass is 16.4. The van der Waals surface area contributed by atoms with Crippen LogP contribution in [0.2, 0.25) is 0 Å². The molecule has 1 rings (SSSR count). The van der Waals surface area contributed by atoms with Crippen molar-refractivity contribution < 1.29 is 14.7 Å². The van der Waals surface area contributed by atoms with Crippen LogP contribution in [0.4, 0.5) is 10.5 Å². The summed E-state index contributed by atoms with van der Waals surface area (Å²) in [6, 6.07) is 6.98. The molecule has 0 radical (unpaired) electrons. The van der Waals surface area contributed by atoms with Crippen molar-refractivity contribution in [3.8, 4) is 0 Å². The van der Waals surface area contributed by atoms with Crippen LogP contribution in [0.5, 0.6) is 0 Å². The van der Waals surface area contributed by atoms with Crippen molar-refractivity contribution in [3.05, 3.63) is 29.8 Å². The molecule has 116 valence electrons. The highest BCUT2D eigenvalue weighted by molar-refractivity contribution is 5.96. The second-order valence-corrected chi connectivity index (χ2v) is 5.70. The van der Waals surface area contributed by atoms with E-state index in [1.807, 2.05) is 19.1 Å². The smallest absolute Gasteiger partial charge is 0.324 e. The highest BCUT2D eigenvalue weighted by Crippen LogP contribution is 2.17. The van der Waals surface area contributed by atoms with Crippen molar-refractivity contribution in [2.24, 2.45) is 5.92 Å². The number of benzene rings is 1. The number of carboxylic acid groups (broad SMARTS) is 1. The predicted octanol–water partition coefficient (Wildman–Crippen LogP) is 2.98. The predicted molar refractivity (Wildman–Crippen MR) is 83.6 cm³/mol. The van der Waals surface area contributed by atoms with E-state index in [2.05, 4.69) is 13.8 Å². The van der Waals surface area contributed by atoms with Gasteiger partial charge in [-0.3, -0.25) is 9.69 Å². The molecule has 0 aliphatic carbocycles. The standard InChI is InChI=1S/C16H24N2O3/c1-12(2)9-10-17(4)16(21)18(11-15(19)20)14-7-5-13(3)6-8-14/h5-8,12H,9-11H2,1-4H3,(H,19,20). The van der Waals surface area contributed by atoms with E-state index in [1.54, 1.807) is 24.1 Å². The van der Waals surface area contributed by atoms with Gasteiger partial charge in [0.25, 0.3) is 0 Å². The lowest BCUT2D eigenvalue weighted by molar-refractivity contribution is -0.135. The number of amides is 2. The SMILES string of the molecule is Cc1ccc(N(CC(=O)O)C(=O)N(C)CCC(C)C)cc1. The number of rotatable bonds is 6. The van der Waals surface area contributed by atoms with Crippen molar-refractivity contribution in [2.45, 2.75) is 27.2 Å². The maximum absolute atomic E-state index is 12.5. The Morgan fingerprint density at radius 3 is 2.24 bits per heavy atom. The van der Waals surface area contributed by atoms with E-state index in [0.717, 1.165) is 12.0 Å². The van der Waals surface area contributed by atoms with E-state index in [0.29, 0.717) is 18.2 Å². The van der Waals surface area contributed by atoms with Crippen LogP contribution < -0.4 is 4.90 Å². The number of carbonyl (C=O) groups is 2. The van der Waals surface area contributed by atoms with E-state index in [-0.39, 0.29) is 12.6 Å². The maximum atomic E-state index is 12.5. The zero-order valence-electron chi connectivity index (χ0n) is 13.2. The number of carbonyl (C=O) groups excluding carboxylic acids is 1. The Hall–Kier alpha value is -2.04. The molecule has 0 aliphatic rings. The molecule has 0 saturated heterocycles. The fourth-order valence-corrected chi connectivity index (χ4v) is 1.88. The molecule has 0 heterocycles. The first-order valence-corrected chi connectivity index (χ1v) is 7.12. The van der Waals surface area contributed by atoms with Gasteiger partial charge in [-0.25, -0.2) is 4.79 Å². The van der Waals surface area contributed by atoms with E-state index in [4.69, 9.17) is 5.11 Å². The molecule has 2 amide bonds. The number of hydrogen-bond donors (Lipinski definition) is 1. The van der Waals surface area contributed by atoms with Gasteiger partial charge in [-0.15, -0.1) is 0 Å². The van der Waals surface area contributed by atoms with Crippen LogP contribution in [0.25, 0.3) is 0 Å². The van der Waals surface area contributed by atoms with Crippen LogP contribution in [-0.2, 0) is 4.79 Å². The molecule has 0 saturated carbocycles. The summed E-state index contributed by atoms with van der Waals surface area (Å²) in [6.07, 6.45) is 0.886. The number of hydrogen-bond acceptors (Lipinski definition) is 2. The molecular formula is C16H24N2O3. The normalized spacial score (nSPS) is 10.5. The monoisotopic (exact) mass is 292 g/mol. The van der Waals surface area contributed by atoms with Crippen LogP contribution >= 0.6 is 0 Å². The van der Waals surface area contributed by atoms with Crippen molar-refractivity contribution >= 4 is 17.7 Å². The topological polar surface area (TPSA) is 60.9 Å².